The van der Waals surface area contributed by atoms with Crippen LogP contribution in [-0.4, -0.2) is 19.2 Å². The summed E-state index contributed by atoms with van der Waals surface area (Å²) in [5, 5.41) is 0.719. The van der Waals surface area contributed by atoms with Crippen molar-refractivity contribution in [2.75, 3.05) is 7.11 Å². The predicted molar refractivity (Wildman–Crippen MR) is 58.6 cm³/mol. The molecule has 1 aromatic rings. The standard InChI is InChI=1S/C10H10Cl2O3/c1-6(10(13)14-2)15-9-7(11)4-3-5-8(9)12/h3-6H,1-2H3/t6-/m0/s1. The molecule has 0 aliphatic heterocycles. The molecule has 0 fully saturated rings. The van der Waals surface area contributed by atoms with Crippen molar-refractivity contribution in [1.82, 2.24) is 0 Å². The fourth-order valence-corrected chi connectivity index (χ4v) is 1.47. The fraction of sp³-hybridized carbons (Fsp3) is 0.300. The van der Waals surface area contributed by atoms with Gasteiger partial charge in [-0.3, -0.25) is 0 Å². The molecule has 0 amide bonds. The fourth-order valence-electron chi connectivity index (χ4n) is 0.986. The Kier molecular flexibility index (Phi) is 4.24. The van der Waals surface area contributed by atoms with Crippen molar-refractivity contribution >= 4 is 29.2 Å². The van der Waals surface area contributed by atoms with Crippen molar-refractivity contribution in [1.29, 1.82) is 0 Å². The number of rotatable bonds is 3. The number of ether oxygens (including phenoxy) is 2. The number of carbonyl (C=O) groups is 1. The maximum absolute atomic E-state index is 11.1. The van der Waals surface area contributed by atoms with Gasteiger partial charge >= 0.3 is 5.97 Å². The Morgan fingerprint density at radius 3 is 2.33 bits per heavy atom. The number of hydrogen-bond donors (Lipinski definition) is 0. The molecule has 1 atom stereocenters. The summed E-state index contributed by atoms with van der Waals surface area (Å²) >= 11 is 11.7. The van der Waals surface area contributed by atoms with Crippen LogP contribution in [-0.2, 0) is 9.53 Å². The largest absolute Gasteiger partial charge is 0.476 e. The summed E-state index contributed by atoms with van der Waals surface area (Å²) in [4.78, 5) is 11.1. The normalized spacial score (nSPS) is 12.0. The summed E-state index contributed by atoms with van der Waals surface area (Å²) in [7, 11) is 1.29. The molecule has 0 aliphatic rings. The molecule has 0 unspecified atom stereocenters. The van der Waals surface area contributed by atoms with Crippen LogP contribution < -0.4 is 4.74 Å². The van der Waals surface area contributed by atoms with E-state index in [2.05, 4.69) is 4.74 Å². The van der Waals surface area contributed by atoms with Crippen LogP contribution in [0.3, 0.4) is 0 Å². The molecule has 0 radical (unpaired) electrons. The lowest BCUT2D eigenvalue weighted by molar-refractivity contribution is -0.147. The molecule has 3 nitrogen and oxygen atoms in total. The zero-order valence-electron chi connectivity index (χ0n) is 8.29. The van der Waals surface area contributed by atoms with Crippen LogP contribution in [0.1, 0.15) is 6.92 Å². The summed E-state index contributed by atoms with van der Waals surface area (Å²) in [5.41, 5.74) is 0. The van der Waals surface area contributed by atoms with Gasteiger partial charge in [0.15, 0.2) is 11.9 Å². The monoisotopic (exact) mass is 248 g/mol. The van der Waals surface area contributed by atoms with E-state index in [1.54, 1.807) is 25.1 Å². The van der Waals surface area contributed by atoms with Gasteiger partial charge in [0.05, 0.1) is 17.2 Å². The smallest absolute Gasteiger partial charge is 0.346 e. The Labute approximate surface area is 97.9 Å². The first-order valence-corrected chi connectivity index (χ1v) is 5.00. The number of hydrogen-bond acceptors (Lipinski definition) is 3. The minimum atomic E-state index is -0.743. The molecule has 15 heavy (non-hydrogen) atoms. The van der Waals surface area contributed by atoms with Gasteiger partial charge in [0.25, 0.3) is 0 Å². The minimum Gasteiger partial charge on any atom is -0.476 e. The second-order valence-electron chi connectivity index (χ2n) is 2.83. The van der Waals surface area contributed by atoms with Crippen molar-refractivity contribution in [3.63, 3.8) is 0 Å². The average molecular weight is 249 g/mol. The molecule has 0 bridgehead atoms. The summed E-state index contributed by atoms with van der Waals surface area (Å²) in [6, 6.07) is 4.96. The molecule has 0 aromatic heterocycles. The van der Waals surface area contributed by atoms with E-state index in [1.165, 1.54) is 7.11 Å². The molecular formula is C10H10Cl2O3. The van der Waals surface area contributed by atoms with Gasteiger partial charge < -0.3 is 9.47 Å². The Morgan fingerprint density at radius 2 is 1.87 bits per heavy atom. The van der Waals surface area contributed by atoms with Crippen LogP contribution in [0.2, 0.25) is 10.0 Å². The number of carbonyl (C=O) groups excluding carboxylic acids is 1. The van der Waals surface area contributed by atoms with Crippen LogP contribution in [0.5, 0.6) is 5.75 Å². The summed E-state index contributed by atoms with van der Waals surface area (Å²) in [6.07, 6.45) is -0.743. The number of methoxy groups -OCH3 is 1. The quantitative estimate of drug-likeness (QED) is 0.772. The second kappa shape index (κ2) is 5.24. The predicted octanol–water partition coefficient (Wildman–Crippen LogP) is 2.93. The molecular weight excluding hydrogens is 239 g/mol. The van der Waals surface area contributed by atoms with Gasteiger partial charge in [-0.15, -0.1) is 0 Å². The lowest BCUT2D eigenvalue weighted by Gasteiger charge is -2.14. The lowest BCUT2D eigenvalue weighted by Crippen LogP contribution is -2.25. The number of halogens is 2. The molecule has 0 saturated carbocycles. The van der Waals surface area contributed by atoms with E-state index in [-0.39, 0.29) is 0 Å². The molecule has 1 aromatic carbocycles. The highest BCUT2D eigenvalue weighted by molar-refractivity contribution is 6.37. The van der Waals surface area contributed by atoms with Gasteiger partial charge in [0.2, 0.25) is 0 Å². The molecule has 82 valence electrons. The third-order valence-corrected chi connectivity index (χ3v) is 2.34. The summed E-state index contributed by atoms with van der Waals surface area (Å²) < 4.78 is 9.80. The van der Waals surface area contributed by atoms with Gasteiger partial charge in [0, 0.05) is 0 Å². The van der Waals surface area contributed by atoms with E-state index in [9.17, 15) is 4.79 Å². The third kappa shape index (κ3) is 3.01. The van der Waals surface area contributed by atoms with Crippen LogP contribution >= 0.6 is 23.2 Å². The SMILES string of the molecule is COC(=O)[C@H](C)Oc1c(Cl)cccc1Cl. The van der Waals surface area contributed by atoms with E-state index < -0.39 is 12.1 Å². The molecule has 0 spiro atoms. The highest BCUT2D eigenvalue weighted by Crippen LogP contribution is 2.33. The van der Waals surface area contributed by atoms with Crippen LogP contribution in [0.15, 0.2) is 18.2 Å². The first kappa shape index (κ1) is 12.1. The van der Waals surface area contributed by atoms with Crippen molar-refractivity contribution in [3.8, 4) is 5.75 Å². The molecule has 0 heterocycles. The third-order valence-electron chi connectivity index (χ3n) is 1.75. The summed E-state index contributed by atoms with van der Waals surface area (Å²) in [5.74, 6) is -0.190. The maximum Gasteiger partial charge on any atom is 0.346 e. The van der Waals surface area contributed by atoms with Crippen LogP contribution in [0.4, 0.5) is 0 Å². The highest BCUT2D eigenvalue weighted by Gasteiger charge is 2.17. The van der Waals surface area contributed by atoms with Crippen molar-refractivity contribution in [2.45, 2.75) is 13.0 Å². The van der Waals surface area contributed by atoms with Crippen molar-refractivity contribution in [2.24, 2.45) is 0 Å². The molecule has 5 heteroatoms. The van der Waals surface area contributed by atoms with E-state index in [1.807, 2.05) is 0 Å². The van der Waals surface area contributed by atoms with Gasteiger partial charge in [-0.05, 0) is 19.1 Å². The van der Waals surface area contributed by atoms with Crippen LogP contribution in [0, 0.1) is 0 Å². The zero-order chi connectivity index (χ0) is 11.4. The van der Waals surface area contributed by atoms with E-state index >= 15 is 0 Å². The minimum absolute atomic E-state index is 0.290. The second-order valence-corrected chi connectivity index (χ2v) is 3.65. The molecule has 1 rings (SSSR count). The Balaban J connectivity index is 2.85. The Hall–Kier alpha value is -0.930. The number of benzene rings is 1. The van der Waals surface area contributed by atoms with E-state index in [4.69, 9.17) is 27.9 Å². The number of para-hydroxylation sites is 1. The van der Waals surface area contributed by atoms with Gasteiger partial charge in [-0.1, -0.05) is 29.3 Å². The Bertz CT molecular complexity index is 345. The Morgan fingerprint density at radius 1 is 1.33 bits per heavy atom. The first-order valence-electron chi connectivity index (χ1n) is 4.24. The maximum atomic E-state index is 11.1. The first-order chi connectivity index (χ1) is 7.06. The van der Waals surface area contributed by atoms with E-state index in [0.717, 1.165) is 0 Å². The highest BCUT2D eigenvalue weighted by atomic mass is 35.5. The molecule has 0 aliphatic carbocycles. The van der Waals surface area contributed by atoms with Gasteiger partial charge in [-0.25, -0.2) is 4.79 Å². The van der Waals surface area contributed by atoms with Gasteiger partial charge in [0.1, 0.15) is 0 Å². The van der Waals surface area contributed by atoms with Gasteiger partial charge in [-0.2, -0.15) is 0 Å². The number of esters is 1. The zero-order valence-corrected chi connectivity index (χ0v) is 9.80. The van der Waals surface area contributed by atoms with Crippen molar-refractivity contribution < 1.29 is 14.3 Å². The summed E-state index contributed by atoms with van der Waals surface area (Å²) in [6.45, 7) is 1.56. The van der Waals surface area contributed by atoms with E-state index in [0.29, 0.717) is 15.8 Å². The topological polar surface area (TPSA) is 35.5 Å². The average Bonchev–Trinajstić information content (AvgIpc) is 2.22. The molecule has 0 saturated heterocycles. The van der Waals surface area contributed by atoms with Crippen molar-refractivity contribution in [3.05, 3.63) is 28.2 Å². The van der Waals surface area contributed by atoms with Crippen LogP contribution in [0.25, 0.3) is 0 Å². The molecule has 0 N–H and O–H groups in total. The lowest BCUT2D eigenvalue weighted by atomic mass is 10.3.